The molecule has 0 atom stereocenters. The average molecular weight is 349 g/mol. The normalized spacial score (nSPS) is 10.9. The Bertz CT molecular complexity index is 816. The van der Waals surface area contributed by atoms with Crippen molar-refractivity contribution >= 4 is 44.1 Å². The van der Waals surface area contributed by atoms with Gasteiger partial charge in [-0.15, -0.1) is 11.3 Å². The largest absolute Gasteiger partial charge is 0.478 e. The Hall–Kier alpha value is -1.79. The fraction of sp³-hybridized carbons (Fsp3) is 0.0714. The topological polar surface area (TPSA) is 63.1 Å². The molecular formula is C14H9BrN2O2S. The van der Waals surface area contributed by atoms with Gasteiger partial charge in [-0.1, -0.05) is 15.9 Å². The third-order valence-corrected chi connectivity index (χ3v) is 4.24. The van der Waals surface area contributed by atoms with Crippen molar-refractivity contribution < 1.29 is 9.90 Å². The third kappa shape index (κ3) is 2.21. The quantitative estimate of drug-likeness (QED) is 0.756. The smallest absolute Gasteiger partial charge is 0.336 e. The minimum Gasteiger partial charge on any atom is -0.478 e. The molecule has 20 heavy (non-hydrogen) atoms. The number of hydrogen-bond acceptors (Lipinski definition) is 4. The number of aromatic carboxylic acids is 1. The van der Waals surface area contributed by atoms with Crippen molar-refractivity contribution in [2.45, 2.75) is 6.92 Å². The van der Waals surface area contributed by atoms with Crippen LogP contribution in [-0.4, -0.2) is 21.0 Å². The number of halogens is 1. The van der Waals surface area contributed by atoms with E-state index in [0.29, 0.717) is 16.6 Å². The summed E-state index contributed by atoms with van der Waals surface area (Å²) >= 11 is 4.83. The van der Waals surface area contributed by atoms with Crippen LogP contribution >= 0.6 is 27.3 Å². The summed E-state index contributed by atoms with van der Waals surface area (Å²) in [6.07, 6.45) is 1.69. The Labute approximate surface area is 127 Å². The molecule has 3 rings (SSSR count). The summed E-state index contributed by atoms with van der Waals surface area (Å²) in [6, 6.07) is 5.32. The molecule has 3 aromatic rings. The third-order valence-electron chi connectivity index (χ3n) is 2.98. The van der Waals surface area contributed by atoms with Crippen molar-refractivity contribution in [2.24, 2.45) is 0 Å². The second kappa shape index (κ2) is 4.96. The number of rotatable bonds is 2. The summed E-state index contributed by atoms with van der Waals surface area (Å²) in [5.41, 5.74) is 4.24. The summed E-state index contributed by atoms with van der Waals surface area (Å²) in [5, 5.41) is 10.1. The highest BCUT2D eigenvalue weighted by Crippen LogP contribution is 2.30. The molecule has 0 fully saturated rings. The van der Waals surface area contributed by atoms with Gasteiger partial charge in [0.1, 0.15) is 0 Å². The van der Waals surface area contributed by atoms with Crippen LogP contribution in [-0.2, 0) is 0 Å². The highest BCUT2D eigenvalue weighted by atomic mass is 79.9. The Balaban J connectivity index is 2.40. The van der Waals surface area contributed by atoms with Crippen LogP contribution in [0.4, 0.5) is 0 Å². The number of hydrogen-bond donors (Lipinski definition) is 1. The highest BCUT2D eigenvalue weighted by molar-refractivity contribution is 9.10. The first kappa shape index (κ1) is 13.2. The molecule has 0 bridgehead atoms. The molecule has 0 saturated carbocycles. The van der Waals surface area contributed by atoms with Gasteiger partial charge in [-0.3, -0.25) is 4.98 Å². The van der Waals surface area contributed by atoms with Gasteiger partial charge in [-0.2, -0.15) is 0 Å². The van der Waals surface area contributed by atoms with Crippen LogP contribution in [0.1, 0.15) is 15.9 Å². The number of aromatic nitrogens is 2. The van der Waals surface area contributed by atoms with E-state index < -0.39 is 5.97 Å². The first-order chi connectivity index (χ1) is 9.56. The lowest BCUT2D eigenvalue weighted by atomic mass is 10.0. The standard InChI is InChI=1S/C14H9BrN2O2S/c1-7-2-8(15)3-9-10(14(18)19)4-11(17-13(7)9)12-5-16-6-20-12/h2-6H,1H3,(H,18,19). The number of nitrogens with zero attached hydrogens (tertiary/aromatic N) is 2. The van der Waals surface area contributed by atoms with Crippen LogP contribution < -0.4 is 0 Å². The molecule has 0 radical (unpaired) electrons. The Morgan fingerprint density at radius 3 is 2.80 bits per heavy atom. The molecule has 0 saturated heterocycles. The maximum atomic E-state index is 11.5. The van der Waals surface area contributed by atoms with Gasteiger partial charge in [0.25, 0.3) is 0 Å². The van der Waals surface area contributed by atoms with Crippen LogP contribution in [0.3, 0.4) is 0 Å². The van der Waals surface area contributed by atoms with Crippen LogP contribution in [0.5, 0.6) is 0 Å². The fourth-order valence-electron chi connectivity index (χ4n) is 2.10. The minimum atomic E-state index is -0.958. The molecule has 100 valence electrons. The Kier molecular flexibility index (Phi) is 3.27. The number of thiazole rings is 1. The van der Waals surface area contributed by atoms with Crippen molar-refractivity contribution in [1.29, 1.82) is 0 Å². The maximum absolute atomic E-state index is 11.5. The molecule has 6 heteroatoms. The number of carboxylic acids is 1. The molecule has 4 nitrogen and oxygen atoms in total. The number of fused-ring (bicyclic) bond motifs is 1. The fourth-order valence-corrected chi connectivity index (χ4v) is 3.26. The summed E-state index contributed by atoms with van der Waals surface area (Å²) in [7, 11) is 0. The van der Waals surface area contributed by atoms with Crippen molar-refractivity contribution in [3.63, 3.8) is 0 Å². The zero-order valence-corrected chi connectivity index (χ0v) is 12.8. The van der Waals surface area contributed by atoms with E-state index in [9.17, 15) is 9.90 Å². The first-order valence-corrected chi connectivity index (χ1v) is 7.46. The summed E-state index contributed by atoms with van der Waals surface area (Å²) in [5.74, 6) is -0.958. The highest BCUT2D eigenvalue weighted by Gasteiger charge is 2.15. The van der Waals surface area contributed by atoms with Crippen LogP contribution in [0.15, 0.2) is 34.4 Å². The van der Waals surface area contributed by atoms with E-state index in [1.807, 2.05) is 13.0 Å². The predicted octanol–water partition coefficient (Wildman–Crippen LogP) is 4.13. The first-order valence-electron chi connectivity index (χ1n) is 5.79. The van der Waals surface area contributed by atoms with Crippen molar-refractivity contribution in [3.8, 4) is 10.6 Å². The van der Waals surface area contributed by atoms with Gasteiger partial charge in [0, 0.05) is 16.1 Å². The Morgan fingerprint density at radius 1 is 1.35 bits per heavy atom. The van der Waals surface area contributed by atoms with Gasteiger partial charge in [0.2, 0.25) is 0 Å². The van der Waals surface area contributed by atoms with Gasteiger partial charge < -0.3 is 5.11 Å². The average Bonchev–Trinajstić information content (AvgIpc) is 2.91. The number of carbonyl (C=O) groups is 1. The summed E-state index contributed by atoms with van der Waals surface area (Å²) in [6.45, 7) is 1.92. The Morgan fingerprint density at radius 2 is 2.15 bits per heavy atom. The lowest BCUT2D eigenvalue weighted by molar-refractivity contribution is 0.0699. The molecule has 2 heterocycles. The molecule has 0 unspecified atom stereocenters. The van der Waals surface area contributed by atoms with E-state index in [4.69, 9.17) is 0 Å². The molecule has 1 N–H and O–H groups in total. The number of aryl methyl sites for hydroxylation is 1. The molecule has 0 aliphatic rings. The number of benzene rings is 1. The zero-order valence-electron chi connectivity index (χ0n) is 10.4. The minimum absolute atomic E-state index is 0.253. The maximum Gasteiger partial charge on any atom is 0.336 e. The van der Waals surface area contributed by atoms with Gasteiger partial charge in [-0.25, -0.2) is 9.78 Å². The molecule has 1 aromatic carbocycles. The van der Waals surface area contributed by atoms with Crippen molar-refractivity contribution in [2.75, 3.05) is 0 Å². The van der Waals surface area contributed by atoms with E-state index in [1.54, 1.807) is 23.8 Å². The lowest BCUT2D eigenvalue weighted by Gasteiger charge is -2.08. The van der Waals surface area contributed by atoms with Crippen LogP contribution in [0, 0.1) is 6.92 Å². The summed E-state index contributed by atoms with van der Waals surface area (Å²) in [4.78, 5) is 21.0. The second-order valence-corrected chi connectivity index (χ2v) is 6.15. The van der Waals surface area contributed by atoms with E-state index in [-0.39, 0.29) is 5.56 Å². The molecule has 2 aromatic heterocycles. The molecular weight excluding hydrogens is 340 g/mol. The molecule has 0 spiro atoms. The molecule has 0 aliphatic carbocycles. The van der Waals surface area contributed by atoms with Crippen LogP contribution in [0.2, 0.25) is 0 Å². The van der Waals surface area contributed by atoms with Crippen LogP contribution in [0.25, 0.3) is 21.5 Å². The predicted molar refractivity (Wildman–Crippen MR) is 82.2 cm³/mol. The van der Waals surface area contributed by atoms with E-state index in [1.165, 1.54) is 11.3 Å². The SMILES string of the molecule is Cc1cc(Br)cc2c(C(=O)O)cc(-c3cncs3)nc12. The van der Waals surface area contributed by atoms with Gasteiger partial charge in [0.15, 0.2) is 0 Å². The monoisotopic (exact) mass is 348 g/mol. The lowest BCUT2D eigenvalue weighted by Crippen LogP contribution is -2.01. The molecule has 0 aliphatic heterocycles. The van der Waals surface area contributed by atoms with Gasteiger partial charge >= 0.3 is 5.97 Å². The zero-order chi connectivity index (χ0) is 14.3. The van der Waals surface area contributed by atoms with Gasteiger partial charge in [0.05, 0.1) is 27.2 Å². The van der Waals surface area contributed by atoms with Gasteiger partial charge in [-0.05, 0) is 30.7 Å². The van der Waals surface area contributed by atoms with Crippen molar-refractivity contribution in [3.05, 3.63) is 45.5 Å². The van der Waals surface area contributed by atoms with Crippen molar-refractivity contribution in [1.82, 2.24) is 9.97 Å². The number of pyridine rings is 1. The number of carboxylic acid groups (broad SMARTS) is 1. The van der Waals surface area contributed by atoms with E-state index >= 15 is 0 Å². The summed E-state index contributed by atoms with van der Waals surface area (Å²) < 4.78 is 0.845. The second-order valence-electron chi connectivity index (χ2n) is 4.34. The van der Waals surface area contributed by atoms with E-state index in [0.717, 1.165) is 14.9 Å². The molecule has 0 amide bonds. The van der Waals surface area contributed by atoms with E-state index in [2.05, 4.69) is 25.9 Å².